The molecule has 4 nitrogen and oxygen atoms in total. The number of hydrogen-bond donors (Lipinski definition) is 1. The van der Waals surface area contributed by atoms with E-state index in [0.717, 1.165) is 30.6 Å². The number of carbonyl (C=O) groups is 1. The largest absolute Gasteiger partial charge is 0.333 e. The van der Waals surface area contributed by atoms with Gasteiger partial charge in [0.15, 0.2) is 11.1 Å². The summed E-state index contributed by atoms with van der Waals surface area (Å²) < 4.78 is 0.385. The zero-order chi connectivity index (χ0) is 9.42. The lowest BCUT2D eigenvalue weighted by molar-refractivity contribution is 0.111. The van der Waals surface area contributed by atoms with E-state index in [1.165, 1.54) is 0 Å². The van der Waals surface area contributed by atoms with Gasteiger partial charge >= 0.3 is 0 Å². The number of nitrogens with zero attached hydrogens (tertiary/aromatic N) is 2. The van der Waals surface area contributed by atoms with Gasteiger partial charge in [0.25, 0.3) is 0 Å². The first-order valence-electron chi connectivity index (χ1n) is 3.96. The lowest BCUT2D eigenvalue weighted by Gasteiger charge is -2.02. The van der Waals surface area contributed by atoms with Crippen LogP contribution in [0.4, 0.5) is 0 Å². The van der Waals surface area contributed by atoms with Crippen molar-refractivity contribution in [2.75, 3.05) is 7.05 Å². The van der Waals surface area contributed by atoms with Gasteiger partial charge in [-0.25, -0.2) is 4.98 Å². The molecule has 0 radical (unpaired) electrons. The molecular weight excluding hydrogens is 186 g/mol. The monoisotopic (exact) mass is 195 g/mol. The Balaban J connectivity index is 2.62. The van der Waals surface area contributed by atoms with Crippen molar-refractivity contribution in [3.63, 3.8) is 0 Å². The second-order valence-electron chi connectivity index (χ2n) is 3.17. The summed E-state index contributed by atoms with van der Waals surface area (Å²) in [6.45, 7) is 1.57. The van der Waals surface area contributed by atoms with E-state index in [1.54, 1.807) is 0 Å². The minimum Gasteiger partial charge on any atom is -0.333 e. The molecule has 1 N–H and O–H groups in total. The van der Waals surface area contributed by atoms with Crippen molar-refractivity contribution in [2.45, 2.75) is 13.1 Å². The molecule has 0 saturated carbocycles. The van der Waals surface area contributed by atoms with Gasteiger partial charge in [0.05, 0.1) is 0 Å². The number of nitrogens with one attached hydrogen (secondary N) is 1. The van der Waals surface area contributed by atoms with Crippen molar-refractivity contribution in [1.82, 2.24) is 14.9 Å². The standard InChI is InChI=1S/C8H9N3OS/c1-11-2-5-6(3-11)9-8(13)10-7(5)4-12/h4H,2-3H2,1H3,(H,9,10,13). The summed E-state index contributed by atoms with van der Waals surface area (Å²) in [6, 6.07) is 0. The van der Waals surface area contributed by atoms with E-state index in [0.29, 0.717) is 10.5 Å². The Morgan fingerprint density at radius 2 is 2.38 bits per heavy atom. The summed E-state index contributed by atoms with van der Waals surface area (Å²) in [5.41, 5.74) is 2.47. The Morgan fingerprint density at radius 3 is 3.08 bits per heavy atom. The third-order valence-corrected chi connectivity index (χ3v) is 2.31. The fraction of sp³-hybridized carbons (Fsp3) is 0.375. The zero-order valence-electron chi connectivity index (χ0n) is 7.20. The quantitative estimate of drug-likeness (QED) is 0.534. The van der Waals surface area contributed by atoms with Crippen LogP contribution in [-0.2, 0) is 13.1 Å². The fourth-order valence-electron chi connectivity index (χ4n) is 1.57. The zero-order valence-corrected chi connectivity index (χ0v) is 8.02. The number of aromatic nitrogens is 2. The first-order chi connectivity index (χ1) is 6.20. The van der Waals surface area contributed by atoms with E-state index in [4.69, 9.17) is 12.2 Å². The number of aldehydes is 1. The molecule has 1 aliphatic rings. The number of fused-ring (bicyclic) bond motifs is 1. The number of rotatable bonds is 1. The van der Waals surface area contributed by atoms with Crippen LogP contribution in [0.2, 0.25) is 0 Å². The maximum Gasteiger partial charge on any atom is 0.197 e. The molecule has 13 heavy (non-hydrogen) atoms. The molecule has 0 aromatic carbocycles. The third-order valence-electron chi connectivity index (χ3n) is 2.12. The molecule has 0 bridgehead atoms. The van der Waals surface area contributed by atoms with Gasteiger partial charge in [-0.2, -0.15) is 0 Å². The number of H-pyrrole nitrogens is 1. The minimum atomic E-state index is 0.385. The molecule has 0 spiro atoms. The highest BCUT2D eigenvalue weighted by Crippen LogP contribution is 2.20. The molecule has 5 heteroatoms. The second kappa shape index (κ2) is 3.01. The SMILES string of the molecule is CN1Cc2[nH]c(=S)nc(C=O)c2C1. The van der Waals surface area contributed by atoms with Gasteiger partial charge in [-0.3, -0.25) is 9.69 Å². The first kappa shape index (κ1) is 8.52. The lowest BCUT2D eigenvalue weighted by atomic mass is 10.2. The van der Waals surface area contributed by atoms with Crippen molar-refractivity contribution in [1.29, 1.82) is 0 Å². The topological polar surface area (TPSA) is 49.0 Å². The average Bonchev–Trinajstić information content (AvgIpc) is 2.43. The molecule has 1 aliphatic heterocycles. The molecular formula is C8H9N3OS. The van der Waals surface area contributed by atoms with Crippen molar-refractivity contribution in [3.8, 4) is 0 Å². The van der Waals surface area contributed by atoms with E-state index in [-0.39, 0.29) is 0 Å². The molecule has 1 aromatic rings. The molecule has 2 heterocycles. The normalized spacial score (nSPS) is 15.8. The fourth-order valence-corrected chi connectivity index (χ4v) is 1.79. The van der Waals surface area contributed by atoms with Crippen LogP contribution in [0.15, 0.2) is 0 Å². The number of hydrogen-bond acceptors (Lipinski definition) is 4. The Bertz CT molecular complexity index is 412. The van der Waals surface area contributed by atoms with Crippen molar-refractivity contribution in [3.05, 3.63) is 21.7 Å². The summed E-state index contributed by atoms with van der Waals surface area (Å²) in [7, 11) is 1.99. The molecule has 0 saturated heterocycles. The molecule has 0 atom stereocenters. The van der Waals surface area contributed by atoms with Gasteiger partial charge < -0.3 is 4.98 Å². The van der Waals surface area contributed by atoms with Crippen LogP contribution in [-0.4, -0.2) is 28.2 Å². The van der Waals surface area contributed by atoms with Gasteiger partial charge in [-0.15, -0.1) is 0 Å². The summed E-state index contributed by atoms with van der Waals surface area (Å²) >= 11 is 4.90. The van der Waals surface area contributed by atoms with E-state index in [9.17, 15) is 4.79 Å². The van der Waals surface area contributed by atoms with Gasteiger partial charge in [-0.05, 0) is 19.3 Å². The van der Waals surface area contributed by atoms with Gasteiger partial charge in [0, 0.05) is 24.3 Å². The van der Waals surface area contributed by atoms with Crippen LogP contribution in [0.25, 0.3) is 0 Å². The predicted molar refractivity (Wildman–Crippen MR) is 50.0 cm³/mol. The molecule has 0 aliphatic carbocycles. The van der Waals surface area contributed by atoms with Gasteiger partial charge in [-0.1, -0.05) is 0 Å². The van der Waals surface area contributed by atoms with Crippen LogP contribution < -0.4 is 0 Å². The van der Waals surface area contributed by atoms with Crippen molar-refractivity contribution in [2.24, 2.45) is 0 Å². The summed E-state index contributed by atoms with van der Waals surface area (Å²) in [5.74, 6) is 0. The number of aromatic amines is 1. The average molecular weight is 195 g/mol. The highest BCUT2D eigenvalue weighted by molar-refractivity contribution is 7.71. The van der Waals surface area contributed by atoms with Crippen LogP contribution in [0, 0.1) is 4.77 Å². The molecule has 0 amide bonds. The molecule has 1 aromatic heterocycles. The van der Waals surface area contributed by atoms with E-state index in [1.807, 2.05) is 7.05 Å². The molecule has 2 rings (SSSR count). The summed E-state index contributed by atoms with van der Waals surface area (Å²) in [5, 5.41) is 0. The van der Waals surface area contributed by atoms with E-state index >= 15 is 0 Å². The first-order valence-corrected chi connectivity index (χ1v) is 4.37. The van der Waals surface area contributed by atoms with E-state index in [2.05, 4.69) is 14.9 Å². The van der Waals surface area contributed by atoms with Gasteiger partial charge in [0.1, 0.15) is 5.69 Å². The smallest absolute Gasteiger partial charge is 0.197 e. The molecule has 0 fully saturated rings. The van der Waals surface area contributed by atoms with E-state index < -0.39 is 0 Å². The predicted octanol–water partition coefficient (Wildman–Crippen LogP) is 0.897. The second-order valence-corrected chi connectivity index (χ2v) is 3.56. The van der Waals surface area contributed by atoms with Gasteiger partial charge in [0.2, 0.25) is 0 Å². The third kappa shape index (κ3) is 1.40. The Morgan fingerprint density at radius 1 is 1.62 bits per heavy atom. The summed E-state index contributed by atoms with van der Waals surface area (Å²) in [6.07, 6.45) is 0.766. The van der Waals surface area contributed by atoms with Crippen molar-refractivity contribution >= 4 is 18.5 Å². The Labute approximate surface area is 80.6 Å². The van der Waals surface area contributed by atoms with Crippen LogP contribution in [0.5, 0.6) is 0 Å². The summed E-state index contributed by atoms with van der Waals surface area (Å²) in [4.78, 5) is 19.7. The Hall–Kier alpha value is -1.07. The van der Waals surface area contributed by atoms with Crippen molar-refractivity contribution < 1.29 is 4.79 Å². The van der Waals surface area contributed by atoms with Crippen LogP contribution >= 0.6 is 12.2 Å². The Kier molecular flexibility index (Phi) is 1.97. The molecule has 68 valence electrons. The lowest BCUT2D eigenvalue weighted by Crippen LogP contribution is -2.08. The maximum atomic E-state index is 10.7. The highest BCUT2D eigenvalue weighted by Gasteiger charge is 2.20. The number of carbonyl (C=O) groups excluding carboxylic acids is 1. The highest BCUT2D eigenvalue weighted by atomic mass is 32.1. The van der Waals surface area contributed by atoms with Crippen LogP contribution in [0.1, 0.15) is 21.7 Å². The maximum absolute atomic E-state index is 10.7. The minimum absolute atomic E-state index is 0.385. The molecule has 0 unspecified atom stereocenters. The van der Waals surface area contributed by atoms with Crippen LogP contribution in [0.3, 0.4) is 0 Å².